The molecule has 0 aromatic rings. The van der Waals surface area contributed by atoms with E-state index in [0.717, 1.165) is 38.5 Å². The number of unbranched alkanes of at least 4 members (excludes halogenated alkanes) is 24. The molecule has 3 unspecified atom stereocenters. The van der Waals surface area contributed by atoms with Crippen LogP contribution in [0.15, 0.2) is 12.2 Å². The molecule has 0 saturated heterocycles. The first-order valence-corrected chi connectivity index (χ1v) is 22.6. The third-order valence-corrected chi connectivity index (χ3v) is 10.1. The maximum Gasteiger partial charge on any atom is 0.472 e. The molecule has 0 fully saturated rings. The second-order valence-corrected chi connectivity index (χ2v) is 15.8. The average molecular weight is 763 g/mol. The highest BCUT2D eigenvalue weighted by atomic mass is 31.2. The number of hydrogen-bond donors (Lipinski definition) is 3. The third kappa shape index (κ3) is 37.0. The smallest absolute Gasteiger partial charge is 0.462 e. The lowest BCUT2D eigenvalue weighted by Crippen LogP contribution is -2.29. The molecular weight excluding hydrogens is 683 g/mol. The maximum absolute atomic E-state index is 12.6. The van der Waals surface area contributed by atoms with Gasteiger partial charge in [-0.3, -0.25) is 18.6 Å². The zero-order chi connectivity index (χ0) is 38.4. The van der Waals surface area contributed by atoms with Crippen LogP contribution in [0.25, 0.3) is 0 Å². The van der Waals surface area contributed by atoms with E-state index in [1.807, 2.05) is 0 Å². The zero-order valence-corrected chi connectivity index (χ0v) is 34.2. The van der Waals surface area contributed by atoms with Gasteiger partial charge in [-0.2, -0.15) is 0 Å². The first-order valence-electron chi connectivity index (χ1n) is 21.1. The molecular formula is C41H79O10P. The van der Waals surface area contributed by atoms with E-state index in [9.17, 15) is 24.2 Å². The molecule has 308 valence electrons. The fourth-order valence-electron chi connectivity index (χ4n) is 5.87. The molecule has 52 heavy (non-hydrogen) atoms. The molecule has 10 nitrogen and oxygen atoms in total. The normalized spacial score (nSPS) is 14.0. The Bertz CT molecular complexity index is 884. The van der Waals surface area contributed by atoms with E-state index >= 15 is 0 Å². The van der Waals surface area contributed by atoms with Gasteiger partial charge in [0.25, 0.3) is 0 Å². The Morgan fingerprint density at radius 3 is 1.38 bits per heavy atom. The highest BCUT2D eigenvalue weighted by Gasteiger charge is 2.27. The van der Waals surface area contributed by atoms with Crippen molar-refractivity contribution in [2.45, 2.75) is 212 Å². The molecule has 3 atom stereocenters. The number of phosphoric acid groups is 1. The summed E-state index contributed by atoms with van der Waals surface area (Å²) < 4.78 is 32.6. The van der Waals surface area contributed by atoms with Crippen LogP contribution in [0.2, 0.25) is 0 Å². The second-order valence-electron chi connectivity index (χ2n) is 14.4. The summed E-state index contributed by atoms with van der Waals surface area (Å²) in [5.74, 6) is -0.924. The Morgan fingerprint density at radius 2 is 0.942 bits per heavy atom. The molecule has 0 spiro atoms. The van der Waals surface area contributed by atoms with Gasteiger partial charge in [0, 0.05) is 12.8 Å². The molecule has 0 rings (SSSR count). The summed E-state index contributed by atoms with van der Waals surface area (Å²) in [6, 6.07) is 0. The molecule has 0 aliphatic rings. The number of ether oxygens (including phenoxy) is 2. The summed E-state index contributed by atoms with van der Waals surface area (Å²) in [7, 11) is -4.61. The Morgan fingerprint density at radius 1 is 0.558 bits per heavy atom. The van der Waals surface area contributed by atoms with Gasteiger partial charge in [-0.15, -0.1) is 0 Å². The van der Waals surface area contributed by atoms with Crippen LogP contribution in [-0.4, -0.2) is 65.7 Å². The lowest BCUT2D eigenvalue weighted by atomic mass is 10.1. The summed E-state index contributed by atoms with van der Waals surface area (Å²) in [6.07, 6.45) is 34.8. The second kappa shape index (κ2) is 38.0. The van der Waals surface area contributed by atoms with E-state index in [4.69, 9.17) is 19.1 Å². The van der Waals surface area contributed by atoms with Crippen LogP contribution >= 0.6 is 7.82 Å². The minimum absolute atomic E-state index is 0.186. The minimum atomic E-state index is -4.61. The topological polar surface area (TPSA) is 149 Å². The summed E-state index contributed by atoms with van der Waals surface area (Å²) in [4.78, 5) is 34.8. The van der Waals surface area contributed by atoms with Crippen LogP contribution in [0.3, 0.4) is 0 Å². The predicted octanol–water partition coefficient (Wildman–Crippen LogP) is 10.8. The van der Waals surface area contributed by atoms with Crippen molar-refractivity contribution in [2.75, 3.05) is 26.4 Å². The number of carbonyl (C=O) groups excluding carboxylic acids is 2. The number of aliphatic hydroxyl groups excluding tert-OH is 2. The fraction of sp³-hybridized carbons (Fsp3) is 0.902. The quantitative estimate of drug-likeness (QED) is 0.0238. The Kier molecular flexibility index (Phi) is 37.1. The number of esters is 2. The van der Waals surface area contributed by atoms with Crippen LogP contribution < -0.4 is 0 Å². The maximum atomic E-state index is 12.6. The Labute approximate surface area is 317 Å². The van der Waals surface area contributed by atoms with Gasteiger partial charge in [-0.05, 0) is 38.5 Å². The lowest BCUT2D eigenvalue weighted by molar-refractivity contribution is -0.161. The Balaban J connectivity index is 4.16. The van der Waals surface area contributed by atoms with Crippen LogP contribution in [0.1, 0.15) is 200 Å². The van der Waals surface area contributed by atoms with Crippen molar-refractivity contribution in [1.82, 2.24) is 0 Å². The molecule has 0 heterocycles. The van der Waals surface area contributed by atoms with Crippen molar-refractivity contribution in [3.8, 4) is 0 Å². The van der Waals surface area contributed by atoms with E-state index in [-0.39, 0.29) is 19.4 Å². The molecule has 0 amide bonds. The van der Waals surface area contributed by atoms with Crippen molar-refractivity contribution >= 4 is 19.8 Å². The van der Waals surface area contributed by atoms with E-state index in [1.54, 1.807) is 0 Å². The zero-order valence-electron chi connectivity index (χ0n) is 33.3. The van der Waals surface area contributed by atoms with Crippen molar-refractivity contribution < 1.29 is 47.8 Å². The number of rotatable bonds is 40. The van der Waals surface area contributed by atoms with Gasteiger partial charge in [0.05, 0.1) is 19.8 Å². The Hall–Kier alpha value is -1.29. The minimum Gasteiger partial charge on any atom is -0.462 e. The lowest BCUT2D eigenvalue weighted by Gasteiger charge is -2.20. The third-order valence-electron chi connectivity index (χ3n) is 9.17. The van der Waals surface area contributed by atoms with Crippen LogP contribution in [0, 0.1) is 0 Å². The molecule has 3 N–H and O–H groups in total. The van der Waals surface area contributed by atoms with Crippen molar-refractivity contribution in [3.05, 3.63) is 12.2 Å². The highest BCUT2D eigenvalue weighted by molar-refractivity contribution is 7.47. The molecule has 0 aliphatic carbocycles. The number of aliphatic hydroxyl groups is 2. The van der Waals surface area contributed by atoms with Crippen molar-refractivity contribution in [3.63, 3.8) is 0 Å². The van der Waals surface area contributed by atoms with Crippen LogP contribution in [0.4, 0.5) is 0 Å². The van der Waals surface area contributed by atoms with Gasteiger partial charge >= 0.3 is 19.8 Å². The number of carbonyl (C=O) groups is 2. The van der Waals surface area contributed by atoms with Crippen molar-refractivity contribution in [1.29, 1.82) is 0 Å². The van der Waals surface area contributed by atoms with Crippen LogP contribution in [-0.2, 0) is 32.7 Å². The summed E-state index contributed by atoms with van der Waals surface area (Å²) in [5, 5.41) is 18.3. The molecule has 0 radical (unpaired) electrons. The molecule has 0 aliphatic heterocycles. The molecule has 11 heteroatoms. The SMILES string of the molecule is CCCCCCCCCC/C=C\CCCCCCCCCCCC(=O)OC(COC(=O)CCCCCCCCCC)COP(=O)(O)OCC(O)CO. The van der Waals surface area contributed by atoms with E-state index in [1.165, 1.54) is 122 Å². The summed E-state index contributed by atoms with van der Waals surface area (Å²) in [5.41, 5.74) is 0. The predicted molar refractivity (Wildman–Crippen MR) is 210 cm³/mol. The largest absolute Gasteiger partial charge is 0.472 e. The number of allylic oxidation sites excluding steroid dienone is 2. The first kappa shape index (κ1) is 50.7. The van der Waals surface area contributed by atoms with Gasteiger partial charge < -0.3 is 24.6 Å². The summed E-state index contributed by atoms with van der Waals surface area (Å²) in [6.45, 7) is 2.35. The van der Waals surface area contributed by atoms with Crippen LogP contribution in [0.5, 0.6) is 0 Å². The molecule has 0 aromatic carbocycles. The molecule has 0 saturated carbocycles. The number of phosphoric ester groups is 1. The van der Waals surface area contributed by atoms with Gasteiger partial charge in [0.1, 0.15) is 12.7 Å². The van der Waals surface area contributed by atoms with Gasteiger partial charge in [-0.1, -0.05) is 161 Å². The fourth-order valence-corrected chi connectivity index (χ4v) is 6.66. The molecule has 0 bridgehead atoms. The monoisotopic (exact) mass is 763 g/mol. The highest BCUT2D eigenvalue weighted by Crippen LogP contribution is 2.43. The molecule has 0 aromatic heterocycles. The first-order chi connectivity index (χ1) is 25.2. The van der Waals surface area contributed by atoms with E-state index in [0.29, 0.717) is 12.8 Å². The van der Waals surface area contributed by atoms with E-state index in [2.05, 4.69) is 30.5 Å². The average Bonchev–Trinajstić information content (AvgIpc) is 3.13. The van der Waals surface area contributed by atoms with E-state index < -0.39 is 51.8 Å². The van der Waals surface area contributed by atoms with Gasteiger partial charge in [0.2, 0.25) is 0 Å². The van der Waals surface area contributed by atoms with Crippen molar-refractivity contribution in [2.24, 2.45) is 0 Å². The summed E-state index contributed by atoms with van der Waals surface area (Å²) >= 11 is 0. The van der Waals surface area contributed by atoms with Gasteiger partial charge in [0.15, 0.2) is 6.10 Å². The number of hydrogen-bond acceptors (Lipinski definition) is 9. The van der Waals surface area contributed by atoms with Gasteiger partial charge in [-0.25, -0.2) is 4.57 Å². The standard InChI is InChI=1S/C41H79O10P/c1-3-5-7-9-11-13-14-15-16-17-18-19-20-21-22-23-24-25-27-29-31-33-41(45)51-39(37-50-52(46,47)49-35-38(43)34-42)36-48-40(44)32-30-28-26-12-10-8-6-4-2/h17-18,38-39,42-43H,3-16,19-37H2,1-2H3,(H,46,47)/b18-17-.